The standard InChI is InChI=1S/C21H28N4O4.CH2O2/c1-3-23(4-2)20(28)21(29)10-13-24(14-11-21)18(26)9-12-25-15-22-17-8-6-5-7-16(17)19(25)27;2-1-3/h5-8,15,29H,3-4,9-14H2,1-2H3;1H,(H,2,3). The number of carboxylic acid groups (broad SMARTS) is 1. The molecule has 2 aromatic rings. The number of aryl methyl sites for hydroxylation is 1. The van der Waals surface area contributed by atoms with Crippen LogP contribution in [0.4, 0.5) is 0 Å². The third-order valence-electron chi connectivity index (χ3n) is 5.69. The summed E-state index contributed by atoms with van der Waals surface area (Å²) in [6, 6.07) is 7.11. The molecule has 3 rings (SSSR count). The van der Waals surface area contributed by atoms with E-state index in [1.807, 2.05) is 19.9 Å². The topological polar surface area (TPSA) is 133 Å². The zero-order chi connectivity index (χ0) is 23.7. The summed E-state index contributed by atoms with van der Waals surface area (Å²) >= 11 is 0. The number of carbonyl (C=O) groups is 3. The van der Waals surface area contributed by atoms with Crippen molar-refractivity contribution in [3.05, 3.63) is 40.9 Å². The Bertz CT molecular complexity index is 993. The number of para-hydroxylation sites is 1. The molecule has 0 bridgehead atoms. The lowest BCUT2D eigenvalue weighted by atomic mass is 9.89. The van der Waals surface area contributed by atoms with Crippen LogP contribution in [0.2, 0.25) is 0 Å². The molecule has 2 heterocycles. The number of aliphatic hydroxyl groups is 1. The van der Waals surface area contributed by atoms with Crippen LogP contribution >= 0.6 is 0 Å². The fraction of sp³-hybridized carbons (Fsp3) is 0.500. The molecule has 1 aliphatic heterocycles. The van der Waals surface area contributed by atoms with Crippen molar-refractivity contribution in [2.24, 2.45) is 0 Å². The molecule has 1 fully saturated rings. The molecule has 10 nitrogen and oxygen atoms in total. The quantitative estimate of drug-likeness (QED) is 0.624. The Labute approximate surface area is 186 Å². The highest BCUT2D eigenvalue weighted by molar-refractivity contribution is 5.85. The third kappa shape index (κ3) is 5.70. The van der Waals surface area contributed by atoms with Gasteiger partial charge in [-0.2, -0.15) is 0 Å². The Balaban J connectivity index is 0.00000114. The number of hydrogen-bond donors (Lipinski definition) is 2. The first-order valence-electron chi connectivity index (χ1n) is 10.6. The summed E-state index contributed by atoms with van der Waals surface area (Å²) < 4.78 is 1.45. The number of nitrogens with zero attached hydrogens (tertiary/aromatic N) is 4. The molecule has 0 radical (unpaired) electrons. The summed E-state index contributed by atoms with van der Waals surface area (Å²) in [5.41, 5.74) is -0.934. The van der Waals surface area contributed by atoms with Crippen LogP contribution in [0.1, 0.15) is 33.1 Å². The van der Waals surface area contributed by atoms with E-state index in [0.717, 1.165) is 0 Å². The van der Waals surface area contributed by atoms with Crippen molar-refractivity contribution < 1.29 is 24.6 Å². The largest absolute Gasteiger partial charge is 0.483 e. The first-order valence-corrected chi connectivity index (χ1v) is 10.6. The van der Waals surface area contributed by atoms with Gasteiger partial charge in [-0.25, -0.2) is 4.98 Å². The fourth-order valence-electron chi connectivity index (χ4n) is 3.78. The minimum absolute atomic E-state index is 0.0950. The van der Waals surface area contributed by atoms with Crippen molar-refractivity contribution in [1.29, 1.82) is 0 Å². The number of carbonyl (C=O) groups excluding carboxylic acids is 2. The Hall–Kier alpha value is -3.27. The van der Waals surface area contributed by atoms with Gasteiger partial charge in [-0.05, 0) is 26.0 Å². The number of aromatic nitrogens is 2. The van der Waals surface area contributed by atoms with Gasteiger partial charge < -0.3 is 20.0 Å². The smallest absolute Gasteiger partial charge is 0.290 e. The molecule has 0 spiro atoms. The first-order chi connectivity index (χ1) is 15.3. The number of likely N-dealkylation sites (N-methyl/N-ethyl adjacent to an activating group) is 1. The number of fused-ring (bicyclic) bond motifs is 1. The number of benzene rings is 1. The number of piperidine rings is 1. The van der Waals surface area contributed by atoms with E-state index in [9.17, 15) is 19.5 Å². The van der Waals surface area contributed by atoms with Gasteiger partial charge in [-0.1, -0.05) is 12.1 Å². The molecule has 1 aromatic heterocycles. The van der Waals surface area contributed by atoms with E-state index in [1.54, 1.807) is 28.0 Å². The summed E-state index contributed by atoms with van der Waals surface area (Å²) in [5, 5.41) is 18.2. The highest BCUT2D eigenvalue weighted by Crippen LogP contribution is 2.25. The molecule has 0 unspecified atom stereocenters. The zero-order valence-electron chi connectivity index (χ0n) is 18.4. The summed E-state index contributed by atoms with van der Waals surface area (Å²) in [5.74, 6) is -0.356. The van der Waals surface area contributed by atoms with Gasteiger partial charge in [-0.3, -0.25) is 23.7 Å². The van der Waals surface area contributed by atoms with Gasteiger partial charge in [-0.15, -0.1) is 0 Å². The lowest BCUT2D eigenvalue weighted by Gasteiger charge is -2.39. The maximum atomic E-state index is 12.6. The van der Waals surface area contributed by atoms with E-state index < -0.39 is 5.60 Å². The molecule has 0 atom stereocenters. The van der Waals surface area contributed by atoms with Crippen molar-refractivity contribution >= 4 is 29.2 Å². The van der Waals surface area contributed by atoms with Gasteiger partial charge in [0.15, 0.2) is 0 Å². The van der Waals surface area contributed by atoms with Crippen LogP contribution in [-0.4, -0.2) is 79.6 Å². The van der Waals surface area contributed by atoms with Crippen molar-refractivity contribution in [3.63, 3.8) is 0 Å². The molecule has 2 N–H and O–H groups in total. The van der Waals surface area contributed by atoms with Gasteiger partial charge in [0.05, 0.1) is 17.2 Å². The van der Waals surface area contributed by atoms with Crippen LogP contribution in [0.3, 0.4) is 0 Å². The maximum absolute atomic E-state index is 12.6. The van der Waals surface area contributed by atoms with E-state index in [2.05, 4.69) is 4.98 Å². The Morgan fingerprint density at radius 2 is 1.78 bits per heavy atom. The van der Waals surface area contributed by atoms with Gasteiger partial charge in [0, 0.05) is 52.0 Å². The van der Waals surface area contributed by atoms with E-state index in [1.165, 1.54) is 10.9 Å². The van der Waals surface area contributed by atoms with Gasteiger partial charge in [0.2, 0.25) is 5.91 Å². The van der Waals surface area contributed by atoms with E-state index in [4.69, 9.17) is 9.90 Å². The van der Waals surface area contributed by atoms with Crippen LogP contribution < -0.4 is 5.56 Å². The second-order valence-corrected chi connectivity index (χ2v) is 7.51. The third-order valence-corrected chi connectivity index (χ3v) is 5.69. The molecular formula is C22H30N4O6. The number of rotatable bonds is 6. The van der Waals surface area contributed by atoms with E-state index in [0.29, 0.717) is 37.1 Å². The number of likely N-dealkylation sites (tertiary alicyclic amines) is 1. The minimum Gasteiger partial charge on any atom is -0.483 e. The fourth-order valence-corrected chi connectivity index (χ4v) is 3.78. The molecule has 32 heavy (non-hydrogen) atoms. The average Bonchev–Trinajstić information content (AvgIpc) is 2.80. The van der Waals surface area contributed by atoms with Crippen LogP contribution in [0.25, 0.3) is 10.9 Å². The summed E-state index contributed by atoms with van der Waals surface area (Å²) in [6.07, 6.45) is 2.09. The molecule has 1 saturated heterocycles. The molecule has 0 saturated carbocycles. The molecule has 0 aliphatic carbocycles. The van der Waals surface area contributed by atoms with Crippen LogP contribution in [-0.2, 0) is 20.9 Å². The van der Waals surface area contributed by atoms with Crippen molar-refractivity contribution in [2.75, 3.05) is 26.2 Å². The lowest BCUT2D eigenvalue weighted by Crippen LogP contribution is -2.55. The highest BCUT2D eigenvalue weighted by Gasteiger charge is 2.42. The van der Waals surface area contributed by atoms with Crippen LogP contribution in [0.15, 0.2) is 35.4 Å². The summed E-state index contributed by atoms with van der Waals surface area (Å²) in [7, 11) is 0. The van der Waals surface area contributed by atoms with Gasteiger partial charge in [0.25, 0.3) is 17.9 Å². The molecule has 1 aromatic carbocycles. The second-order valence-electron chi connectivity index (χ2n) is 7.51. The van der Waals surface area contributed by atoms with E-state index in [-0.39, 0.29) is 49.7 Å². The second kappa shape index (κ2) is 11.4. The molecule has 10 heteroatoms. The van der Waals surface area contributed by atoms with Gasteiger partial charge >= 0.3 is 0 Å². The highest BCUT2D eigenvalue weighted by atomic mass is 16.3. The van der Waals surface area contributed by atoms with Crippen molar-refractivity contribution in [3.8, 4) is 0 Å². The van der Waals surface area contributed by atoms with E-state index >= 15 is 0 Å². The normalized spacial score (nSPS) is 14.9. The maximum Gasteiger partial charge on any atom is 0.290 e. The minimum atomic E-state index is -1.40. The molecular weight excluding hydrogens is 416 g/mol. The van der Waals surface area contributed by atoms with Crippen LogP contribution in [0, 0.1) is 0 Å². The van der Waals surface area contributed by atoms with Crippen molar-refractivity contribution in [2.45, 2.75) is 45.3 Å². The molecule has 174 valence electrons. The Morgan fingerprint density at radius 1 is 1.19 bits per heavy atom. The Morgan fingerprint density at radius 3 is 2.38 bits per heavy atom. The predicted molar refractivity (Wildman–Crippen MR) is 118 cm³/mol. The zero-order valence-corrected chi connectivity index (χ0v) is 18.4. The monoisotopic (exact) mass is 446 g/mol. The SMILES string of the molecule is CCN(CC)C(=O)C1(O)CCN(C(=O)CCn2cnc3ccccc3c2=O)CC1.O=CO. The lowest BCUT2D eigenvalue weighted by molar-refractivity contribution is -0.158. The first kappa shape index (κ1) is 25.0. The number of hydrogen-bond acceptors (Lipinski definition) is 6. The van der Waals surface area contributed by atoms with Crippen LogP contribution in [0.5, 0.6) is 0 Å². The number of amides is 2. The van der Waals surface area contributed by atoms with Gasteiger partial charge in [0.1, 0.15) is 5.60 Å². The average molecular weight is 447 g/mol. The predicted octanol–water partition coefficient (Wildman–Crippen LogP) is 0.709. The van der Waals surface area contributed by atoms with Crippen molar-refractivity contribution in [1.82, 2.24) is 19.4 Å². The Kier molecular flexibility index (Phi) is 8.89. The summed E-state index contributed by atoms with van der Waals surface area (Å²) in [4.78, 5) is 53.6. The molecule has 1 aliphatic rings. The summed E-state index contributed by atoms with van der Waals surface area (Å²) in [6.45, 7) is 5.51. The molecule has 2 amide bonds.